The van der Waals surface area contributed by atoms with Gasteiger partial charge in [0.05, 0.1) is 6.04 Å². The van der Waals surface area contributed by atoms with Crippen LogP contribution in [0.1, 0.15) is 24.0 Å². The molecule has 2 heterocycles. The number of rotatable bonds is 3. The Hall–Kier alpha value is -1.00. The molecule has 1 aromatic rings. The van der Waals surface area contributed by atoms with Gasteiger partial charge >= 0.3 is 0 Å². The second kappa shape index (κ2) is 6.84. The summed E-state index contributed by atoms with van der Waals surface area (Å²) >= 11 is 1.96. The standard InChI is InChI=1S/C17H24N2OS/c1-14-4-6-15(7-5-14)13-19-8-2-3-16(19)17(20)18-9-11-21-12-10-18/h4-7,16H,2-3,8-13H2,1H3. The molecular formula is C17H24N2OS. The Morgan fingerprint density at radius 3 is 2.62 bits per heavy atom. The van der Waals surface area contributed by atoms with Gasteiger partial charge in [-0.25, -0.2) is 0 Å². The zero-order valence-electron chi connectivity index (χ0n) is 12.8. The molecule has 2 aliphatic rings. The van der Waals surface area contributed by atoms with Crippen molar-refractivity contribution in [3.8, 4) is 0 Å². The van der Waals surface area contributed by atoms with Crippen LogP contribution in [-0.2, 0) is 11.3 Å². The first-order valence-electron chi connectivity index (χ1n) is 7.90. The van der Waals surface area contributed by atoms with Crippen LogP contribution in [-0.4, -0.2) is 52.9 Å². The molecule has 1 unspecified atom stereocenters. The monoisotopic (exact) mass is 304 g/mol. The Kier molecular flexibility index (Phi) is 4.86. The van der Waals surface area contributed by atoms with Crippen molar-refractivity contribution < 1.29 is 4.79 Å². The molecule has 2 fully saturated rings. The van der Waals surface area contributed by atoms with Crippen molar-refractivity contribution in [2.75, 3.05) is 31.1 Å². The molecule has 0 spiro atoms. The van der Waals surface area contributed by atoms with E-state index in [9.17, 15) is 4.79 Å². The summed E-state index contributed by atoms with van der Waals surface area (Å²) in [5.41, 5.74) is 2.60. The highest BCUT2D eigenvalue weighted by atomic mass is 32.2. The molecule has 0 aliphatic carbocycles. The number of carbonyl (C=O) groups is 1. The van der Waals surface area contributed by atoms with Gasteiger partial charge in [0.2, 0.25) is 5.91 Å². The van der Waals surface area contributed by atoms with E-state index >= 15 is 0 Å². The summed E-state index contributed by atoms with van der Waals surface area (Å²) in [4.78, 5) is 17.2. The van der Waals surface area contributed by atoms with Crippen LogP contribution in [0.3, 0.4) is 0 Å². The molecule has 1 aromatic carbocycles. The number of aryl methyl sites for hydroxylation is 1. The van der Waals surface area contributed by atoms with Gasteiger partial charge in [0.25, 0.3) is 0 Å². The number of benzene rings is 1. The smallest absolute Gasteiger partial charge is 0.239 e. The first kappa shape index (κ1) is 14.9. The van der Waals surface area contributed by atoms with Crippen LogP contribution < -0.4 is 0 Å². The molecule has 2 aliphatic heterocycles. The van der Waals surface area contributed by atoms with Gasteiger partial charge in [-0.2, -0.15) is 11.8 Å². The van der Waals surface area contributed by atoms with E-state index in [4.69, 9.17) is 0 Å². The highest BCUT2D eigenvalue weighted by Crippen LogP contribution is 2.23. The van der Waals surface area contributed by atoms with Crippen molar-refractivity contribution >= 4 is 17.7 Å². The van der Waals surface area contributed by atoms with Crippen molar-refractivity contribution in [2.45, 2.75) is 32.4 Å². The van der Waals surface area contributed by atoms with Crippen molar-refractivity contribution in [3.05, 3.63) is 35.4 Å². The number of hydrogen-bond donors (Lipinski definition) is 0. The highest BCUT2D eigenvalue weighted by molar-refractivity contribution is 7.99. The zero-order chi connectivity index (χ0) is 14.7. The minimum absolute atomic E-state index is 0.106. The molecule has 1 amide bonds. The third-order valence-corrected chi connectivity index (χ3v) is 5.42. The van der Waals surface area contributed by atoms with E-state index in [-0.39, 0.29) is 6.04 Å². The first-order chi connectivity index (χ1) is 10.2. The van der Waals surface area contributed by atoms with Crippen LogP contribution in [0, 0.1) is 6.92 Å². The molecule has 4 heteroatoms. The Balaban J connectivity index is 1.64. The van der Waals surface area contributed by atoms with E-state index in [0.29, 0.717) is 5.91 Å². The molecule has 3 rings (SSSR count). The van der Waals surface area contributed by atoms with E-state index in [0.717, 1.165) is 50.5 Å². The third kappa shape index (κ3) is 3.61. The van der Waals surface area contributed by atoms with Gasteiger partial charge in [-0.3, -0.25) is 9.69 Å². The minimum atomic E-state index is 0.106. The van der Waals surface area contributed by atoms with E-state index in [1.165, 1.54) is 11.1 Å². The summed E-state index contributed by atoms with van der Waals surface area (Å²) in [7, 11) is 0. The molecule has 0 radical (unpaired) electrons. The second-order valence-corrected chi connectivity index (χ2v) is 7.28. The molecule has 0 N–H and O–H groups in total. The number of nitrogens with zero attached hydrogens (tertiary/aromatic N) is 2. The molecule has 21 heavy (non-hydrogen) atoms. The first-order valence-corrected chi connectivity index (χ1v) is 9.05. The van der Waals surface area contributed by atoms with Crippen LogP contribution in [0.15, 0.2) is 24.3 Å². The number of amides is 1. The van der Waals surface area contributed by atoms with Gasteiger partial charge in [-0.1, -0.05) is 29.8 Å². The minimum Gasteiger partial charge on any atom is -0.340 e. The number of hydrogen-bond acceptors (Lipinski definition) is 3. The van der Waals surface area contributed by atoms with Crippen LogP contribution in [0.5, 0.6) is 0 Å². The lowest BCUT2D eigenvalue weighted by Gasteiger charge is -2.32. The predicted molar refractivity (Wildman–Crippen MR) is 88.5 cm³/mol. The fourth-order valence-electron chi connectivity index (χ4n) is 3.22. The summed E-state index contributed by atoms with van der Waals surface area (Å²) in [5.74, 6) is 2.55. The Labute approximate surface area is 131 Å². The largest absolute Gasteiger partial charge is 0.340 e. The molecule has 0 aromatic heterocycles. The lowest BCUT2D eigenvalue weighted by Crippen LogP contribution is -2.48. The van der Waals surface area contributed by atoms with Crippen LogP contribution in [0.25, 0.3) is 0 Å². The summed E-state index contributed by atoms with van der Waals surface area (Å²) in [6, 6.07) is 8.79. The Morgan fingerprint density at radius 1 is 1.19 bits per heavy atom. The van der Waals surface area contributed by atoms with E-state index in [1.807, 2.05) is 11.8 Å². The second-order valence-electron chi connectivity index (χ2n) is 6.05. The molecule has 114 valence electrons. The lowest BCUT2D eigenvalue weighted by molar-refractivity contribution is -0.135. The van der Waals surface area contributed by atoms with Gasteiger partial charge in [-0.15, -0.1) is 0 Å². The normalized spacial score (nSPS) is 23.5. The van der Waals surface area contributed by atoms with Crippen molar-refractivity contribution in [1.29, 1.82) is 0 Å². The topological polar surface area (TPSA) is 23.6 Å². The quantitative estimate of drug-likeness (QED) is 0.857. The van der Waals surface area contributed by atoms with Crippen LogP contribution in [0.4, 0.5) is 0 Å². The lowest BCUT2D eigenvalue weighted by atomic mass is 10.1. The molecule has 3 nitrogen and oxygen atoms in total. The highest BCUT2D eigenvalue weighted by Gasteiger charge is 2.33. The zero-order valence-corrected chi connectivity index (χ0v) is 13.6. The predicted octanol–water partition coefficient (Wildman–Crippen LogP) is 2.53. The van der Waals surface area contributed by atoms with Crippen LogP contribution in [0.2, 0.25) is 0 Å². The number of thioether (sulfide) groups is 1. The summed E-state index contributed by atoms with van der Waals surface area (Å²) in [5, 5.41) is 0. The summed E-state index contributed by atoms with van der Waals surface area (Å²) in [6.07, 6.45) is 2.17. The SMILES string of the molecule is Cc1ccc(CN2CCCC2C(=O)N2CCSCC2)cc1. The Bertz CT molecular complexity index is 482. The maximum Gasteiger partial charge on any atom is 0.239 e. The number of carbonyl (C=O) groups excluding carboxylic acids is 1. The van der Waals surface area contributed by atoms with Gasteiger partial charge < -0.3 is 4.90 Å². The molecule has 2 saturated heterocycles. The Morgan fingerprint density at radius 2 is 1.90 bits per heavy atom. The number of likely N-dealkylation sites (tertiary alicyclic amines) is 1. The van der Waals surface area contributed by atoms with E-state index in [2.05, 4.69) is 41.0 Å². The van der Waals surface area contributed by atoms with E-state index < -0.39 is 0 Å². The van der Waals surface area contributed by atoms with Crippen LogP contribution >= 0.6 is 11.8 Å². The molecule has 1 atom stereocenters. The molecule has 0 saturated carbocycles. The third-order valence-electron chi connectivity index (χ3n) is 4.48. The van der Waals surface area contributed by atoms with Gasteiger partial charge in [-0.05, 0) is 31.9 Å². The average molecular weight is 304 g/mol. The summed E-state index contributed by atoms with van der Waals surface area (Å²) in [6.45, 7) is 5.92. The van der Waals surface area contributed by atoms with Gasteiger partial charge in [0.15, 0.2) is 0 Å². The molecular weight excluding hydrogens is 280 g/mol. The summed E-state index contributed by atoms with van der Waals surface area (Å²) < 4.78 is 0. The van der Waals surface area contributed by atoms with Crippen molar-refractivity contribution in [3.63, 3.8) is 0 Å². The maximum absolute atomic E-state index is 12.7. The molecule has 0 bridgehead atoms. The van der Waals surface area contributed by atoms with Crippen molar-refractivity contribution in [1.82, 2.24) is 9.80 Å². The maximum atomic E-state index is 12.7. The fourth-order valence-corrected chi connectivity index (χ4v) is 4.12. The fraction of sp³-hybridized carbons (Fsp3) is 0.588. The van der Waals surface area contributed by atoms with E-state index in [1.54, 1.807) is 0 Å². The van der Waals surface area contributed by atoms with Gasteiger partial charge in [0, 0.05) is 31.1 Å². The average Bonchev–Trinajstić information content (AvgIpc) is 2.98. The van der Waals surface area contributed by atoms with Gasteiger partial charge in [0.1, 0.15) is 0 Å². The van der Waals surface area contributed by atoms with Crippen molar-refractivity contribution in [2.24, 2.45) is 0 Å².